The van der Waals surface area contributed by atoms with Crippen molar-refractivity contribution >= 4 is 23.1 Å². The average Bonchev–Trinajstić information content (AvgIpc) is 3.31. The van der Waals surface area contributed by atoms with Crippen LogP contribution in [0.25, 0.3) is 5.65 Å². The molecule has 7 nitrogen and oxygen atoms in total. The third kappa shape index (κ3) is 3.08. The van der Waals surface area contributed by atoms with E-state index in [0.717, 1.165) is 16.8 Å². The van der Waals surface area contributed by atoms with Crippen LogP contribution < -0.4 is 4.74 Å². The van der Waals surface area contributed by atoms with Gasteiger partial charge in [0.25, 0.3) is 5.91 Å². The maximum absolute atomic E-state index is 12.9. The molecule has 5 rings (SSSR count). The van der Waals surface area contributed by atoms with Crippen LogP contribution in [0.4, 0.5) is 0 Å². The van der Waals surface area contributed by atoms with Crippen LogP contribution >= 0.6 is 0 Å². The molecule has 0 saturated heterocycles. The molecule has 0 N–H and O–H groups in total. The number of nitrogens with zero attached hydrogens (tertiary/aromatic N) is 3. The molecule has 0 bridgehead atoms. The zero-order valence-electron chi connectivity index (χ0n) is 15.7. The minimum absolute atomic E-state index is 0.0470. The highest BCUT2D eigenvalue weighted by molar-refractivity contribution is 6.07. The van der Waals surface area contributed by atoms with E-state index in [1.165, 1.54) is 0 Å². The molecule has 146 valence electrons. The lowest BCUT2D eigenvalue weighted by atomic mass is 9.92. The Morgan fingerprint density at radius 2 is 2.03 bits per heavy atom. The zero-order valence-corrected chi connectivity index (χ0v) is 15.7. The number of ether oxygens (including phenoxy) is 1. The van der Waals surface area contributed by atoms with Crippen molar-refractivity contribution in [3.8, 4) is 5.75 Å². The van der Waals surface area contributed by atoms with Gasteiger partial charge in [-0.3, -0.25) is 14.4 Å². The average molecular weight is 389 g/mol. The Bertz CT molecular complexity index is 1150. The van der Waals surface area contributed by atoms with Gasteiger partial charge in [0.05, 0.1) is 19.0 Å². The number of hydrogen-bond donors (Lipinski definition) is 0. The van der Waals surface area contributed by atoms with Crippen molar-refractivity contribution in [2.45, 2.75) is 38.5 Å². The number of amides is 1. The summed E-state index contributed by atoms with van der Waals surface area (Å²) in [5.74, 6) is 0.259. The van der Waals surface area contributed by atoms with Crippen molar-refractivity contribution in [1.82, 2.24) is 14.3 Å². The molecule has 2 aromatic heterocycles. The molecule has 2 aliphatic rings. The molecule has 1 aromatic carbocycles. The van der Waals surface area contributed by atoms with Gasteiger partial charge < -0.3 is 14.0 Å². The van der Waals surface area contributed by atoms with Crippen molar-refractivity contribution in [1.29, 1.82) is 0 Å². The van der Waals surface area contributed by atoms with Crippen molar-refractivity contribution in [2.24, 2.45) is 0 Å². The van der Waals surface area contributed by atoms with Crippen LogP contribution in [0.2, 0.25) is 0 Å². The Hall–Kier alpha value is -3.48. The van der Waals surface area contributed by atoms with Crippen LogP contribution in [0.1, 0.15) is 40.7 Å². The monoisotopic (exact) mass is 389 g/mol. The fourth-order valence-corrected chi connectivity index (χ4v) is 4.11. The Balaban J connectivity index is 1.36. The first-order valence-corrected chi connectivity index (χ1v) is 9.62. The first-order chi connectivity index (χ1) is 14.1. The number of benzene rings is 1. The summed E-state index contributed by atoms with van der Waals surface area (Å²) < 4.78 is 7.96. The van der Waals surface area contributed by atoms with Crippen molar-refractivity contribution in [2.75, 3.05) is 0 Å². The first kappa shape index (κ1) is 17.6. The van der Waals surface area contributed by atoms with Gasteiger partial charge in [-0.05, 0) is 24.6 Å². The minimum Gasteiger partial charge on any atom is -0.488 e. The summed E-state index contributed by atoms with van der Waals surface area (Å²) in [6.45, 7) is 0.686. The second kappa shape index (κ2) is 6.84. The Morgan fingerprint density at radius 3 is 2.90 bits per heavy atom. The zero-order chi connectivity index (χ0) is 20.0. The summed E-state index contributed by atoms with van der Waals surface area (Å²) in [7, 11) is 0. The van der Waals surface area contributed by atoms with E-state index in [0.29, 0.717) is 37.3 Å². The minimum atomic E-state index is -0.524. The molecular weight excluding hydrogens is 370 g/mol. The number of imidazole rings is 1. The smallest absolute Gasteiger partial charge is 0.255 e. The number of rotatable bonds is 4. The Kier molecular flexibility index (Phi) is 4.16. The third-order valence-electron chi connectivity index (χ3n) is 5.61. The Labute approximate surface area is 166 Å². The number of ketones is 2. The highest BCUT2D eigenvalue weighted by Crippen LogP contribution is 2.34. The maximum Gasteiger partial charge on any atom is 0.255 e. The predicted octanol–water partition coefficient (Wildman–Crippen LogP) is 2.56. The number of carbonyl (C=O) groups excluding carboxylic acids is 3. The predicted molar refractivity (Wildman–Crippen MR) is 103 cm³/mol. The molecule has 3 aromatic rings. The van der Waals surface area contributed by atoms with E-state index in [2.05, 4.69) is 4.98 Å². The van der Waals surface area contributed by atoms with Crippen LogP contribution in [-0.4, -0.2) is 37.8 Å². The fourth-order valence-electron chi connectivity index (χ4n) is 4.11. The molecule has 3 heterocycles. The van der Waals surface area contributed by atoms with Gasteiger partial charge in [0, 0.05) is 41.7 Å². The molecule has 1 amide bonds. The van der Waals surface area contributed by atoms with Crippen molar-refractivity contribution in [3.05, 3.63) is 65.6 Å². The van der Waals surface area contributed by atoms with Crippen LogP contribution in [0, 0.1) is 0 Å². The molecular formula is C22H19N3O4. The number of aromatic nitrogens is 2. The lowest BCUT2D eigenvalue weighted by molar-refractivity contribution is -0.133. The number of Topliss-reactive ketones (excluding diaryl/α,β-unsaturated/α-hetero) is 2. The molecule has 1 aliphatic carbocycles. The molecule has 1 fully saturated rings. The largest absolute Gasteiger partial charge is 0.488 e. The van der Waals surface area contributed by atoms with E-state index in [1.807, 2.05) is 35.0 Å². The van der Waals surface area contributed by atoms with Crippen molar-refractivity contribution in [3.63, 3.8) is 0 Å². The fraction of sp³-hybridized carbons (Fsp3) is 0.273. The summed E-state index contributed by atoms with van der Waals surface area (Å²) in [4.78, 5) is 42.5. The van der Waals surface area contributed by atoms with Crippen LogP contribution in [0.3, 0.4) is 0 Å². The summed E-state index contributed by atoms with van der Waals surface area (Å²) in [6.07, 6.45) is 6.24. The number of carbonyl (C=O) groups is 3. The SMILES string of the molecule is O=C1CCC(N2Cc3c(OCc4ccc5nccn5c4)cccc3C2=O)C(=O)C1. The van der Waals surface area contributed by atoms with Gasteiger partial charge in [-0.1, -0.05) is 12.1 Å². The van der Waals surface area contributed by atoms with Crippen molar-refractivity contribution < 1.29 is 19.1 Å². The van der Waals surface area contributed by atoms with E-state index in [1.54, 1.807) is 23.2 Å². The molecule has 1 atom stereocenters. The van der Waals surface area contributed by atoms with E-state index < -0.39 is 6.04 Å². The lowest BCUT2D eigenvalue weighted by Crippen LogP contribution is -2.44. The summed E-state index contributed by atoms with van der Waals surface area (Å²) in [5.41, 5.74) is 3.21. The second-order valence-electron chi connectivity index (χ2n) is 7.47. The van der Waals surface area contributed by atoms with E-state index in [4.69, 9.17) is 4.74 Å². The second-order valence-corrected chi connectivity index (χ2v) is 7.47. The summed E-state index contributed by atoms with van der Waals surface area (Å²) in [5, 5.41) is 0. The molecule has 29 heavy (non-hydrogen) atoms. The number of fused-ring (bicyclic) bond motifs is 2. The highest BCUT2D eigenvalue weighted by Gasteiger charge is 2.39. The van der Waals surface area contributed by atoms with E-state index in [9.17, 15) is 14.4 Å². The normalized spacial score (nSPS) is 19.1. The van der Waals surface area contributed by atoms with Gasteiger partial charge >= 0.3 is 0 Å². The van der Waals surface area contributed by atoms with Crippen LogP contribution in [0.15, 0.2) is 48.9 Å². The first-order valence-electron chi connectivity index (χ1n) is 9.62. The van der Waals surface area contributed by atoms with Gasteiger partial charge in [0.2, 0.25) is 0 Å². The molecule has 7 heteroatoms. The number of pyridine rings is 1. The maximum atomic E-state index is 12.9. The van der Waals surface area contributed by atoms with E-state index >= 15 is 0 Å². The summed E-state index contributed by atoms with van der Waals surface area (Å²) in [6, 6.07) is 8.76. The van der Waals surface area contributed by atoms with Crippen LogP contribution in [-0.2, 0) is 22.7 Å². The van der Waals surface area contributed by atoms with Gasteiger partial charge in [-0.25, -0.2) is 4.98 Å². The number of hydrogen-bond acceptors (Lipinski definition) is 5. The topological polar surface area (TPSA) is 81.0 Å². The third-order valence-corrected chi connectivity index (χ3v) is 5.61. The van der Waals surface area contributed by atoms with Gasteiger partial charge in [0.15, 0.2) is 5.78 Å². The van der Waals surface area contributed by atoms with Gasteiger partial charge in [-0.15, -0.1) is 0 Å². The molecule has 0 radical (unpaired) electrons. The molecule has 1 unspecified atom stereocenters. The lowest BCUT2D eigenvalue weighted by Gasteiger charge is -2.29. The van der Waals surface area contributed by atoms with Gasteiger partial charge in [-0.2, -0.15) is 0 Å². The van der Waals surface area contributed by atoms with E-state index in [-0.39, 0.29) is 23.9 Å². The highest BCUT2D eigenvalue weighted by atomic mass is 16.5. The standard InChI is InChI=1S/C22H19N3O4/c26-15-5-6-18(19(27)10-15)25-12-17-16(22(25)28)2-1-3-20(17)29-13-14-4-7-21-23-8-9-24(21)11-14/h1-4,7-9,11,18H,5-6,10,12-13H2. The quantitative estimate of drug-likeness (QED) is 0.641. The summed E-state index contributed by atoms with van der Waals surface area (Å²) >= 11 is 0. The molecule has 1 aliphatic heterocycles. The molecule has 0 spiro atoms. The van der Waals surface area contributed by atoms with Gasteiger partial charge in [0.1, 0.15) is 23.8 Å². The van der Waals surface area contributed by atoms with Crippen LogP contribution in [0.5, 0.6) is 5.75 Å². The molecule has 1 saturated carbocycles. The Morgan fingerprint density at radius 1 is 1.14 bits per heavy atom.